The van der Waals surface area contributed by atoms with Crippen LogP contribution >= 0.6 is 0 Å². The highest BCUT2D eigenvalue weighted by Crippen LogP contribution is 2.37. The number of anilines is 2. The summed E-state index contributed by atoms with van der Waals surface area (Å²) < 4.78 is 50.8. The van der Waals surface area contributed by atoms with Gasteiger partial charge in [0.15, 0.2) is 5.75 Å². The van der Waals surface area contributed by atoms with E-state index in [4.69, 9.17) is 9.47 Å². The maximum Gasteiger partial charge on any atom is 0.416 e. The Morgan fingerprint density at radius 3 is 2.60 bits per heavy atom. The first-order valence-corrected chi connectivity index (χ1v) is 10.9. The van der Waals surface area contributed by atoms with Gasteiger partial charge in [-0.05, 0) is 54.8 Å². The molecule has 0 aliphatic carbocycles. The predicted octanol–water partition coefficient (Wildman–Crippen LogP) is 6.04. The average molecular weight is 484 g/mol. The Balaban J connectivity index is 1.48. The maximum atomic E-state index is 13.3. The van der Waals surface area contributed by atoms with Crippen LogP contribution in [0.3, 0.4) is 0 Å². The van der Waals surface area contributed by atoms with Gasteiger partial charge in [-0.15, -0.1) is 0 Å². The van der Waals surface area contributed by atoms with Gasteiger partial charge in [0.2, 0.25) is 11.8 Å². The first-order chi connectivity index (χ1) is 16.7. The number of halogens is 3. The van der Waals surface area contributed by atoms with E-state index < -0.39 is 23.6 Å². The number of methoxy groups -OCH3 is 1. The van der Waals surface area contributed by atoms with Crippen LogP contribution in [0.4, 0.5) is 24.5 Å². The minimum Gasteiger partial charge on any atom is -0.497 e. The van der Waals surface area contributed by atoms with Gasteiger partial charge in [-0.25, -0.2) is 0 Å². The molecule has 0 aromatic heterocycles. The van der Waals surface area contributed by atoms with Crippen molar-refractivity contribution in [3.63, 3.8) is 0 Å². The van der Waals surface area contributed by atoms with Crippen LogP contribution in [0.15, 0.2) is 66.7 Å². The number of carbonyl (C=O) groups is 2. The number of para-hydroxylation sites is 1. The zero-order chi connectivity index (χ0) is 25.0. The second-order valence-electron chi connectivity index (χ2n) is 8.12. The Morgan fingerprint density at radius 2 is 1.83 bits per heavy atom. The number of amides is 2. The van der Waals surface area contributed by atoms with Gasteiger partial charge in [0, 0.05) is 24.1 Å². The normalized spacial score (nSPS) is 15.1. The molecule has 1 atom stereocenters. The van der Waals surface area contributed by atoms with E-state index in [1.54, 1.807) is 24.3 Å². The minimum absolute atomic E-state index is 0.0453. The van der Waals surface area contributed by atoms with Crippen LogP contribution in [0.5, 0.6) is 17.2 Å². The molecule has 0 saturated heterocycles. The molecule has 35 heavy (non-hydrogen) atoms. The van der Waals surface area contributed by atoms with Gasteiger partial charge in [-0.3, -0.25) is 9.59 Å². The highest BCUT2D eigenvalue weighted by Gasteiger charge is 2.32. The first kappa shape index (κ1) is 24.1. The van der Waals surface area contributed by atoms with E-state index in [0.29, 0.717) is 17.9 Å². The summed E-state index contributed by atoms with van der Waals surface area (Å²) in [6.07, 6.45) is -3.91. The second kappa shape index (κ2) is 10.1. The van der Waals surface area contributed by atoms with Crippen LogP contribution in [0.2, 0.25) is 0 Å². The number of benzene rings is 3. The Kier molecular flexibility index (Phi) is 6.95. The fourth-order valence-electron chi connectivity index (χ4n) is 3.85. The molecule has 0 unspecified atom stereocenters. The number of rotatable bonds is 7. The van der Waals surface area contributed by atoms with Crippen LogP contribution in [-0.2, 0) is 22.2 Å². The summed E-state index contributed by atoms with van der Waals surface area (Å²) in [5.41, 5.74) is 0.686. The zero-order valence-electron chi connectivity index (χ0n) is 18.8. The molecule has 0 fully saturated rings. The number of ether oxygens (including phenoxy) is 2. The van der Waals surface area contributed by atoms with Gasteiger partial charge in [-0.1, -0.05) is 24.3 Å². The van der Waals surface area contributed by atoms with Crippen molar-refractivity contribution in [3.05, 3.63) is 77.9 Å². The third-order valence-electron chi connectivity index (χ3n) is 5.68. The van der Waals surface area contributed by atoms with E-state index in [1.807, 2.05) is 24.3 Å². The number of hydrogen-bond donors (Lipinski definition) is 2. The van der Waals surface area contributed by atoms with Crippen molar-refractivity contribution in [2.45, 2.75) is 25.4 Å². The molecule has 0 spiro atoms. The summed E-state index contributed by atoms with van der Waals surface area (Å²) >= 11 is 0. The zero-order valence-corrected chi connectivity index (χ0v) is 18.8. The lowest BCUT2D eigenvalue weighted by Gasteiger charge is -2.24. The molecule has 3 aromatic rings. The van der Waals surface area contributed by atoms with Gasteiger partial charge >= 0.3 is 6.18 Å². The Morgan fingerprint density at radius 1 is 1.06 bits per heavy atom. The fraction of sp³-hybridized carbons (Fsp3) is 0.231. The standard InChI is InChI=1S/C26H23F3N2O4/c1-34-19-6-4-7-20(15-19)35-23-11-10-18(26(27,28)29)14-22(23)30-24(32)12-9-17-13-16-5-2-3-8-21(16)31-25(17)33/h2-8,10-11,14-15,17H,9,12-13H2,1H3,(H,30,32)(H,31,33)/t17-/m0/s1. The molecule has 2 N–H and O–H groups in total. The topological polar surface area (TPSA) is 76.7 Å². The summed E-state index contributed by atoms with van der Waals surface area (Å²) in [6, 6.07) is 16.8. The van der Waals surface area contributed by atoms with Crippen molar-refractivity contribution >= 4 is 23.2 Å². The van der Waals surface area contributed by atoms with Crippen LogP contribution in [0.1, 0.15) is 24.0 Å². The van der Waals surface area contributed by atoms with Crippen molar-refractivity contribution in [2.24, 2.45) is 5.92 Å². The van der Waals surface area contributed by atoms with Gasteiger partial charge in [0.1, 0.15) is 11.5 Å². The molecule has 182 valence electrons. The molecular formula is C26H23F3N2O4. The van der Waals surface area contributed by atoms with Crippen LogP contribution in [0, 0.1) is 5.92 Å². The lowest BCUT2D eigenvalue weighted by Crippen LogP contribution is -2.30. The molecule has 0 saturated carbocycles. The highest BCUT2D eigenvalue weighted by molar-refractivity contribution is 5.97. The molecule has 4 rings (SSSR count). The Hall–Kier alpha value is -4.01. The summed E-state index contributed by atoms with van der Waals surface area (Å²) in [5.74, 6) is -0.234. The Labute approximate surface area is 200 Å². The third-order valence-corrected chi connectivity index (χ3v) is 5.68. The first-order valence-electron chi connectivity index (χ1n) is 10.9. The molecular weight excluding hydrogens is 461 g/mol. The molecule has 1 aliphatic rings. The summed E-state index contributed by atoms with van der Waals surface area (Å²) in [4.78, 5) is 25.1. The molecule has 0 radical (unpaired) electrons. The van der Waals surface area contributed by atoms with Gasteiger partial charge in [0.25, 0.3) is 0 Å². The van der Waals surface area contributed by atoms with Crippen molar-refractivity contribution in [3.8, 4) is 17.2 Å². The number of fused-ring (bicyclic) bond motifs is 1. The van der Waals surface area contributed by atoms with Crippen LogP contribution in [-0.4, -0.2) is 18.9 Å². The molecule has 0 bridgehead atoms. The van der Waals surface area contributed by atoms with Crippen molar-refractivity contribution in [1.29, 1.82) is 0 Å². The second-order valence-corrected chi connectivity index (χ2v) is 8.12. The summed E-state index contributed by atoms with van der Waals surface area (Å²) in [7, 11) is 1.48. The summed E-state index contributed by atoms with van der Waals surface area (Å²) in [6.45, 7) is 0. The van der Waals surface area contributed by atoms with Crippen LogP contribution < -0.4 is 20.1 Å². The van der Waals surface area contributed by atoms with E-state index in [-0.39, 0.29) is 30.2 Å². The molecule has 6 nitrogen and oxygen atoms in total. The lowest BCUT2D eigenvalue weighted by atomic mass is 9.89. The number of hydrogen-bond acceptors (Lipinski definition) is 4. The highest BCUT2D eigenvalue weighted by atomic mass is 19.4. The fourth-order valence-corrected chi connectivity index (χ4v) is 3.85. The van der Waals surface area contributed by atoms with Crippen LogP contribution in [0.25, 0.3) is 0 Å². The molecule has 2 amide bonds. The molecule has 9 heteroatoms. The van der Waals surface area contributed by atoms with E-state index >= 15 is 0 Å². The molecule has 1 aliphatic heterocycles. The van der Waals surface area contributed by atoms with Gasteiger partial charge < -0.3 is 20.1 Å². The number of carbonyl (C=O) groups excluding carboxylic acids is 2. The lowest BCUT2D eigenvalue weighted by molar-refractivity contribution is -0.137. The minimum atomic E-state index is -4.60. The predicted molar refractivity (Wildman–Crippen MR) is 125 cm³/mol. The van der Waals surface area contributed by atoms with Gasteiger partial charge in [-0.2, -0.15) is 13.2 Å². The molecule has 3 aromatic carbocycles. The average Bonchev–Trinajstić information content (AvgIpc) is 2.83. The van der Waals surface area contributed by atoms with Crippen molar-refractivity contribution in [2.75, 3.05) is 17.7 Å². The number of alkyl halides is 3. The van der Waals surface area contributed by atoms with E-state index in [1.165, 1.54) is 7.11 Å². The number of nitrogens with one attached hydrogen (secondary N) is 2. The third kappa shape index (κ3) is 5.92. The van der Waals surface area contributed by atoms with Gasteiger partial charge in [0.05, 0.1) is 18.4 Å². The van der Waals surface area contributed by atoms with Crippen molar-refractivity contribution < 1.29 is 32.2 Å². The van der Waals surface area contributed by atoms with E-state index in [2.05, 4.69) is 10.6 Å². The van der Waals surface area contributed by atoms with Crippen molar-refractivity contribution in [1.82, 2.24) is 0 Å². The SMILES string of the molecule is COc1cccc(Oc2ccc(C(F)(F)F)cc2NC(=O)CC[C@H]2Cc3ccccc3NC2=O)c1. The Bertz CT molecular complexity index is 1240. The quantitative estimate of drug-likeness (QED) is 0.429. The summed E-state index contributed by atoms with van der Waals surface area (Å²) in [5, 5.41) is 5.35. The smallest absolute Gasteiger partial charge is 0.416 e. The largest absolute Gasteiger partial charge is 0.497 e. The maximum absolute atomic E-state index is 13.3. The molecule has 1 heterocycles. The monoisotopic (exact) mass is 484 g/mol. The van der Waals surface area contributed by atoms with E-state index in [9.17, 15) is 22.8 Å². The van der Waals surface area contributed by atoms with E-state index in [0.717, 1.165) is 29.4 Å².